The van der Waals surface area contributed by atoms with Gasteiger partial charge in [-0.3, -0.25) is 9.54 Å². The lowest BCUT2D eigenvalue weighted by molar-refractivity contribution is -0.347. The van der Waals surface area contributed by atoms with E-state index in [0.717, 1.165) is 11.2 Å². The third kappa shape index (κ3) is 3.94. The summed E-state index contributed by atoms with van der Waals surface area (Å²) in [7, 11) is -4.92. The molecule has 8 heteroatoms. The van der Waals surface area contributed by atoms with Crippen molar-refractivity contribution in [3.8, 4) is 0 Å². The van der Waals surface area contributed by atoms with Crippen LogP contribution in [-0.4, -0.2) is 27.5 Å². The molecule has 0 aromatic carbocycles. The maximum Gasteiger partial charge on any atom is 0.299 e. The van der Waals surface area contributed by atoms with Gasteiger partial charge in [0.1, 0.15) is 6.20 Å². The van der Waals surface area contributed by atoms with Gasteiger partial charge in [0.2, 0.25) is 10.4 Å². The van der Waals surface area contributed by atoms with Gasteiger partial charge in [-0.05, 0) is 12.1 Å². The zero-order valence-electron chi connectivity index (χ0n) is 6.84. The van der Waals surface area contributed by atoms with Crippen molar-refractivity contribution in [2.75, 3.05) is 0 Å². The molecular formula is C6H7N3O4S. The third-order valence-electron chi connectivity index (χ3n) is 1.24. The molecule has 2 rings (SSSR count). The molecule has 0 aliphatic rings. The van der Waals surface area contributed by atoms with Crippen LogP contribution in [0.15, 0.2) is 24.7 Å². The lowest BCUT2D eigenvalue weighted by atomic mass is 10.4. The van der Waals surface area contributed by atoms with E-state index in [0.29, 0.717) is 0 Å². The average molecular weight is 217 g/mol. The Morgan fingerprint density at radius 1 is 1.57 bits per heavy atom. The van der Waals surface area contributed by atoms with Crippen LogP contribution in [0.3, 0.4) is 0 Å². The Balaban J connectivity index is 0.000000171. The summed E-state index contributed by atoms with van der Waals surface area (Å²) < 4.78 is 32.8. The smallest absolute Gasteiger partial charge is 0.299 e. The summed E-state index contributed by atoms with van der Waals surface area (Å²) in [6, 6.07) is 3.87. The van der Waals surface area contributed by atoms with Gasteiger partial charge in [0.15, 0.2) is 11.8 Å². The molecule has 76 valence electrons. The van der Waals surface area contributed by atoms with E-state index >= 15 is 0 Å². The van der Waals surface area contributed by atoms with Gasteiger partial charge >= 0.3 is 0 Å². The van der Waals surface area contributed by atoms with Crippen LogP contribution in [0.2, 0.25) is 0 Å². The second-order valence-corrected chi connectivity index (χ2v) is 3.12. The minimum atomic E-state index is -4.92. The van der Waals surface area contributed by atoms with Gasteiger partial charge in [0, 0.05) is 0 Å². The number of nitrogens with one attached hydrogen (secondary N) is 2. The highest BCUT2D eigenvalue weighted by atomic mass is 32.3. The Morgan fingerprint density at radius 3 is 2.79 bits per heavy atom. The lowest BCUT2D eigenvalue weighted by Gasteiger charge is -1.88. The molecule has 3 N–H and O–H groups in total. The molecule has 0 saturated carbocycles. The molecule has 0 bridgehead atoms. The minimum Gasteiger partial charge on any atom is -0.726 e. The second-order valence-electron chi connectivity index (χ2n) is 2.26. The van der Waals surface area contributed by atoms with Crippen LogP contribution in [0.5, 0.6) is 0 Å². The molecule has 0 spiro atoms. The topological polar surface area (TPSA) is 120 Å². The molecule has 0 aliphatic heterocycles. The summed E-state index contributed by atoms with van der Waals surface area (Å²) in [4.78, 5) is 10.0. The van der Waals surface area contributed by atoms with Crippen molar-refractivity contribution in [2.45, 2.75) is 0 Å². The van der Waals surface area contributed by atoms with E-state index in [4.69, 9.17) is 17.5 Å². The number of aromatic nitrogens is 3. The monoisotopic (exact) mass is 217 g/mol. The normalized spacial score (nSPS) is 10.7. The maximum absolute atomic E-state index is 8.63. The summed E-state index contributed by atoms with van der Waals surface area (Å²) in [5.74, 6) is 0. The maximum atomic E-state index is 8.63. The van der Waals surface area contributed by atoms with Gasteiger partial charge in [0.05, 0.1) is 0 Å². The molecule has 7 nitrogen and oxygen atoms in total. The second kappa shape index (κ2) is 4.13. The Kier molecular flexibility index (Phi) is 3.12. The first-order valence-corrected chi connectivity index (χ1v) is 4.81. The van der Waals surface area contributed by atoms with Gasteiger partial charge in [-0.1, -0.05) is 0 Å². The van der Waals surface area contributed by atoms with Gasteiger partial charge in [-0.25, -0.2) is 13.4 Å². The van der Waals surface area contributed by atoms with Gasteiger partial charge < -0.3 is 4.55 Å². The summed E-state index contributed by atoms with van der Waals surface area (Å²) in [6.45, 7) is 0. The van der Waals surface area contributed by atoms with Crippen LogP contribution < -0.4 is 4.98 Å². The van der Waals surface area contributed by atoms with E-state index < -0.39 is 10.4 Å². The third-order valence-corrected chi connectivity index (χ3v) is 1.24. The van der Waals surface area contributed by atoms with Gasteiger partial charge in [0.25, 0.3) is 5.65 Å². The largest absolute Gasteiger partial charge is 0.726 e. The molecule has 2 heterocycles. The predicted octanol–water partition coefficient (Wildman–Crippen LogP) is -0.618. The van der Waals surface area contributed by atoms with Crippen LogP contribution in [0, 0.1) is 0 Å². The van der Waals surface area contributed by atoms with Crippen LogP contribution in [0.1, 0.15) is 0 Å². The zero-order chi connectivity index (χ0) is 10.6. The van der Waals surface area contributed by atoms with E-state index in [1.54, 1.807) is 12.5 Å². The van der Waals surface area contributed by atoms with Crippen LogP contribution >= 0.6 is 0 Å². The number of hydrogen-bond acceptors (Lipinski definition) is 4. The number of pyridine rings is 1. The first-order valence-electron chi connectivity index (χ1n) is 3.45. The van der Waals surface area contributed by atoms with E-state index in [2.05, 4.69) is 15.0 Å². The molecule has 0 radical (unpaired) electrons. The van der Waals surface area contributed by atoms with Crippen molar-refractivity contribution in [3.05, 3.63) is 24.7 Å². The first-order chi connectivity index (χ1) is 6.47. The Morgan fingerprint density at radius 2 is 2.21 bits per heavy atom. The van der Waals surface area contributed by atoms with Crippen molar-refractivity contribution in [1.82, 2.24) is 9.97 Å². The molecule has 0 amide bonds. The van der Waals surface area contributed by atoms with E-state index in [1.807, 2.05) is 12.1 Å². The summed E-state index contributed by atoms with van der Waals surface area (Å²) >= 11 is 0. The highest BCUT2D eigenvalue weighted by molar-refractivity contribution is 7.79. The quantitative estimate of drug-likeness (QED) is 0.450. The van der Waals surface area contributed by atoms with Gasteiger partial charge in [-0.2, -0.15) is 0 Å². The Labute approximate surface area is 79.4 Å². The zero-order valence-corrected chi connectivity index (χ0v) is 7.65. The lowest BCUT2D eigenvalue weighted by Crippen LogP contribution is -1.95. The number of H-pyrrole nitrogens is 2. The molecule has 2 aromatic heterocycles. The number of aromatic amines is 2. The fourth-order valence-corrected chi connectivity index (χ4v) is 0.819. The van der Waals surface area contributed by atoms with E-state index in [1.165, 1.54) is 0 Å². The first kappa shape index (κ1) is 10.6. The molecule has 0 atom stereocenters. The summed E-state index contributed by atoms with van der Waals surface area (Å²) in [6.07, 6.45) is 3.52. The number of rotatable bonds is 0. The Bertz CT molecular complexity index is 468. The summed E-state index contributed by atoms with van der Waals surface area (Å²) in [5, 5.41) is 0. The number of imidazole rings is 1. The molecule has 0 aliphatic carbocycles. The molecule has 0 fully saturated rings. The minimum absolute atomic E-state index is 0.900. The fourth-order valence-electron chi connectivity index (χ4n) is 0.819. The highest BCUT2D eigenvalue weighted by Crippen LogP contribution is 1.97. The summed E-state index contributed by atoms with van der Waals surface area (Å²) in [5.41, 5.74) is 1.94. The molecule has 0 unspecified atom stereocenters. The van der Waals surface area contributed by atoms with Crippen molar-refractivity contribution in [3.63, 3.8) is 0 Å². The van der Waals surface area contributed by atoms with Crippen molar-refractivity contribution >= 4 is 21.6 Å². The number of fused-ring (bicyclic) bond motifs is 1. The van der Waals surface area contributed by atoms with Crippen LogP contribution in [0.4, 0.5) is 0 Å². The van der Waals surface area contributed by atoms with Crippen LogP contribution in [0.25, 0.3) is 11.2 Å². The Hall–Kier alpha value is -1.51. The average Bonchev–Trinajstić information content (AvgIpc) is 2.47. The van der Waals surface area contributed by atoms with Gasteiger partial charge in [-0.15, -0.1) is 4.98 Å². The number of nitrogens with zero attached hydrogens (tertiary/aromatic N) is 1. The van der Waals surface area contributed by atoms with Crippen molar-refractivity contribution < 1.29 is 22.5 Å². The number of hydrogen-bond donors (Lipinski definition) is 2. The predicted molar refractivity (Wildman–Crippen MR) is 45.0 cm³/mol. The molecule has 14 heavy (non-hydrogen) atoms. The van der Waals surface area contributed by atoms with E-state index in [9.17, 15) is 0 Å². The van der Waals surface area contributed by atoms with Crippen molar-refractivity contribution in [2.24, 2.45) is 0 Å². The van der Waals surface area contributed by atoms with Crippen molar-refractivity contribution in [1.29, 1.82) is 0 Å². The fraction of sp³-hybridized carbons (Fsp3) is 0. The highest BCUT2D eigenvalue weighted by Gasteiger charge is 1.97. The molecular weight excluding hydrogens is 210 g/mol. The molecule has 0 saturated heterocycles. The SMILES string of the molecule is O=S(=O)([O-])O.c1cnc2[nH+]c[nH]c2c1. The molecule has 2 aromatic rings. The standard InChI is InChI=1S/C6H5N3.H2O4S/c1-2-5-6(7-3-1)9-4-8-5;1-5(2,3)4/h1-4H,(H,7,8,9);(H2,1,2,3,4). The van der Waals surface area contributed by atoms with Crippen LogP contribution in [-0.2, 0) is 10.4 Å². The van der Waals surface area contributed by atoms with E-state index in [-0.39, 0.29) is 0 Å².